The van der Waals surface area contributed by atoms with Crippen LogP contribution in [-0.4, -0.2) is 23.5 Å². The summed E-state index contributed by atoms with van der Waals surface area (Å²) in [5, 5.41) is 19.5. The Labute approximate surface area is 82.3 Å². The van der Waals surface area contributed by atoms with Crippen LogP contribution >= 0.6 is 11.6 Å². The SMILES string of the molecule is N=C/C(N)=C(/Cl)NC1CCCC1O. The van der Waals surface area contributed by atoms with E-state index in [1.807, 2.05) is 0 Å². The van der Waals surface area contributed by atoms with Crippen LogP contribution in [0.5, 0.6) is 0 Å². The summed E-state index contributed by atoms with van der Waals surface area (Å²) < 4.78 is 0. The van der Waals surface area contributed by atoms with Gasteiger partial charge in [-0.1, -0.05) is 11.6 Å². The van der Waals surface area contributed by atoms with Crippen LogP contribution in [0.3, 0.4) is 0 Å². The lowest BCUT2D eigenvalue weighted by atomic mass is 10.2. The quantitative estimate of drug-likeness (QED) is 0.399. The average molecular weight is 204 g/mol. The lowest BCUT2D eigenvalue weighted by Crippen LogP contribution is -2.34. The molecule has 0 radical (unpaired) electrons. The van der Waals surface area contributed by atoms with Crippen LogP contribution in [0.15, 0.2) is 10.9 Å². The minimum atomic E-state index is -0.354. The first kappa shape index (κ1) is 10.3. The van der Waals surface area contributed by atoms with E-state index in [4.69, 9.17) is 22.7 Å². The Morgan fingerprint density at radius 3 is 2.77 bits per heavy atom. The van der Waals surface area contributed by atoms with Crippen LogP contribution in [-0.2, 0) is 0 Å². The zero-order valence-electron chi connectivity index (χ0n) is 7.26. The Morgan fingerprint density at radius 2 is 2.31 bits per heavy atom. The van der Waals surface area contributed by atoms with Crippen molar-refractivity contribution < 1.29 is 5.11 Å². The van der Waals surface area contributed by atoms with E-state index in [1.165, 1.54) is 0 Å². The van der Waals surface area contributed by atoms with E-state index in [9.17, 15) is 5.11 Å². The topological polar surface area (TPSA) is 82.1 Å². The third-order valence-electron chi connectivity index (χ3n) is 2.20. The molecule has 0 heterocycles. The van der Waals surface area contributed by atoms with Gasteiger partial charge in [-0.3, -0.25) is 0 Å². The Bertz CT molecular complexity index is 229. The highest BCUT2D eigenvalue weighted by molar-refractivity contribution is 6.30. The monoisotopic (exact) mass is 203 g/mol. The Morgan fingerprint density at radius 1 is 1.62 bits per heavy atom. The van der Waals surface area contributed by atoms with Crippen molar-refractivity contribution in [2.24, 2.45) is 5.73 Å². The van der Waals surface area contributed by atoms with Crippen LogP contribution in [0.4, 0.5) is 0 Å². The van der Waals surface area contributed by atoms with Gasteiger partial charge in [0.25, 0.3) is 0 Å². The predicted molar refractivity (Wildman–Crippen MR) is 52.6 cm³/mol. The number of nitrogens with one attached hydrogen (secondary N) is 2. The number of aliphatic hydroxyl groups is 1. The van der Waals surface area contributed by atoms with Crippen molar-refractivity contribution >= 4 is 17.8 Å². The van der Waals surface area contributed by atoms with Crippen molar-refractivity contribution in [1.29, 1.82) is 5.41 Å². The molecule has 0 saturated heterocycles. The molecule has 0 aliphatic heterocycles. The van der Waals surface area contributed by atoms with Gasteiger partial charge in [-0.25, -0.2) is 0 Å². The average Bonchev–Trinajstić information content (AvgIpc) is 2.50. The molecular weight excluding hydrogens is 190 g/mol. The molecule has 1 rings (SSSR count). The van der Waals surface area contributed by atoms with Gasteiger partial charge >= 0.3 is 0 Å². The molecule has 2 unspecified atom stereocenters. The number of nitrogens with two attached hydrogens (primary N) is 1. The zero-order chi connectivity index (χ0) is 9.84. The smallest absolute Gasteiger partial charge is 0.127 e. The fourth-order valence-corrected chi connectivity index (χ4v) is 1.61. The second-order valence-electron chi connectivity index (χ2n) is 3.16. The summed E-state index contributed by atoms with van der Waals surface area (Å²) >= 11 is 5.76. The van der Waals surface area contributed by atoms with Crippen LogP contribution < -0.4 is 11.1 Å². The molecule has 0 spiro atoms. The molecule has 4 nitrogen and oxygen atoms in total. The van der Waals surface area contributed by atoms with Gasteiger partial charge in [-0.05, 0) is 19.3 Å². The molecule has 1 aliphatic carbocycles. The number of aliphatic hydroxyl groups excluding tert-OH is 1. The van der Waals surface area contributed by atoms with Crippen molar-refractivity contribution in [2.75, 3.05) is 0 Å². The zero-order valence-corrected chi connectivity index (χ0v) is 8.01. The first-order chi connectivity index (χ1) is 6.15. The van der Waals surface area contributed by atoms with Gasteiger partial charge < -0.3 is 21.6 Å². The second-order valence-corrected chi connectivity index (χ2v) is 3.54. The standard InChI is InChI=1S/C8H14ClN3O/c9-8(5(11)4-10)12-6-2-1-3-7(6)13/h4,6-7,10,12-13H,1-3,11H2/b8-5+,10-4?. The third-order valence-corrected chi connectivity index (χ3v) is 2.53. The molecule has 1 fully saturated rings. The number of allylic oxidation sites excluding steroid dienone is 1. The van der Waals surface area contributed by atoms with E-state index in [0.717, 1.165) is 25.5 Å². The Hall–Kier alpha value is -0.740. The molecule has 0 aromatic carbocycles. The fourth-order valence-electron chi connectivity index (χ4n) is 1.42. The first-order valence-electron chi connectivity index (χ1n) is 4.25. The normalized spacial score (nSPS) is 29.7. The van der Waals surface area contributed by atoms with Gasteiger partial charge in [0.2, 0.25) is 0 Å². The highest BCUT2D eigenvalue weighted by Crippen LogP contribution is 2.20. The third kappa shape index (κ3) is 2.60. The Balaban J connectivity index is 2.53. The first-order valence-corrected chi connectivity index (χ1v) is 4.63. The summed E-state index contributed by atoms with van der Waals surface area (Å²) in [6, 6.07) is -0.0222. The van der Waals surface area contributed by atoms with Gasteiger partial charge in [-0.2, -0.15) is 0 Å². The van der Waals surface area contributed by atoms with Gasteiger partial charge in [0.1, 0.15) is 5.16 Å². The van der Waals surface area contributed by atoms with Crippen LogP contribution in [0, 0.1) is 5.41 Å². The minimum Gasteiger partial charge on any atom is -0.395 e. The number of halogens is 1. The van der Waals surface area contributed by atoms with Gasteiger partial charge in [0.05, 0.1) is 17.8 Å². The summed E-state index contributed by atoms with van der Waals surface area (Å²) in [6.45, 7) is 0. The predicted octanol–water partition coefficient (Wildman–Crippen LogP) is 0.506. The maximum atomic E-state index is 9.45. The van der Waals surface area contributed by atoms with Crippen LogP contribution in [0.1, 0.15) is 19.3 Å². The summed E-state index contributed by atoms with van der Waals surface area (Å²) in [5.74, 6) is 0. The molecule has 5 heteroatoms. The van der Waals surface area contributed by atoms with E-state index in [1.54, 1.807) is 0 Å². The highest BCUT2D eigenvalue weighted by Gasteiger charge is 2.25. The highest BCUT2D eigenvalue weighted by atomic mass is 35.5. The van der Waals surface area contributed by atoms with E-state index in [0.29, 0.717) is 0 Å². The Kier molecular flexibility index (Phi) is 3.57. The lowest BCUT2D eigenvalue weighted by Gasteiger charge is -2.17. The van der Waals surface area contributed by atoms with Gasteiger partial charge in [0.15, 0.2) is 0 Å². The van der Waals surface area contributed by atoms with E-state index in [2.05, 4.69) is 5.32 Å². The molecule has 0 aromatic heterocycles. The molecule has 1 saturated carbocycles. The molecule has 0 amide bonds. The van der Waals surface area contributed by atoms with Crippen molar-refractivity contribution in [3.8, 4) is 0 Å². The molecule has 0 aromatic rings. The van der Waals surface area contributed by atoms with E-state index in [-0.39, 0.29) is 23.0 Å². The second kappa shape index (κ2) is 4.48. The molecule has 5 N–H and O–H groups in total. The van der Waals surface area contributed by atoms with Crippen LogP contribution in [0.25, 0.3) is 0 Å². The molecular formula is C8H14ClN3O. The van der Waals surface area contributed by atoms with E-state index < -0.39 is 0 Å². The molecule has 0 bridgehead atoms. The maximum Gasteiger partial charge on any atom is 0.127 e. The summed E-state index contributed by atoms with van der Waals surface area (Å²) in [5.41, 5.74) is 5.60. The maximum absolute atomic E-state index is 9.45. The van der Waals surface area contributed by atoms with Crippen molar-refractivity contribution in [3.05, 3.63) is 10.9 Å². The van der Waals surface area contributed by atoms with Gasteiger partial charge in [-0.15, -0.1) is 0 Å². The van der Waals surface area contributed by atoms with Crippen molar-refractivity contribution in [1.82, 2.24) is 5.32 Å². The van der Waals surface area contributed by atoms with Crippen LogP contribution in [0.2, 0.25) is 0 Å². The number of hydrogen-bond donors (Lipinski definition) is 4. The lowest BCUT2D eigenvalue weighted by molar-refractivity contribution is 0.155. The molecule has 1 aliphatic rings. The minimum absolute atomic E-state index is 0.0222. The molecule has 74 valence electrons. The van der Waals surface area contributed by atoms with E-state index >= 15 is 0 Å². The number of rotatable bonds is 3. The largest absolute Gasteiger partial charge is 0.395 e. The molecule has 13 heavy (non-hydrogen) atoms. The number of hydrogen-bond acceptors (Lipinski definition) is 4. The van der Waals surface area contributed by atoms with Crippen molar-refractivity contribution in [3.63, 3.8) is 0 Å². The summed E-state index contributed by atoms with van der Waals surface area (Å²) in [6.07, 6.45) is 3.31. The summed E-state index contributed by atoms with van der Waals surface area (Å²) in [4.78, 5) is 0. The molecule has 2 atom stereocenters. The fraction of sp³-hybridized carbons (Fsp3) is 0.625. The summed E-state index contributed by atoms with van der Waals surface area (Å²) in [7, 11) is 0. The van der Waals surface area contributed by atoms with Gasteiger partial charge in [0, 0.05) is 6.21 Å². The van der Waals surface area contributed by atoms with Crippen molar-refractivity contribution in [2.45, 2.75) is 31.4 Å².